The third kappa shape index (κ3) is 3.33. The number of rotatable bonds is 4. The quantitative estimate of drug-likeness (QED) is 0.486. The maximum atomic E-state index is 12.0. The molecule has 0 amide bonds. The van der Waals surface area contributed by atoms with Gasteiger partial charge in [-0.3, -0.25) is 10.1 Å². The van der Waals surface area contributed by atoms with Crippen LogP contribution in [0.15, 0.2) is 51.8 Å². The van der Waals surface area contributed by atoms with Gasteiger partial charge in [0, 0.05) is 19.3 Å². The second-order valence-corrected chi connectivity index (χ2v) is 8.94. The first-order chi connectivity index (χ1) is 13.3. The molecular weight excluding hydrogens is 382 g/mol. The number of hydrogen-bond donors (Lipinski definition) is 0. The molecule has 0 saturated carbocycles. The van der Waals surface area contributed by atoms with Crippen molar-refractivity contribution in [2.75, 3.05) is 24.2 Å². The number of nitro benzene ring substituents is 1. The number of para-hydroxylation sites is 3. The second-order valence-electron chi connectivity index (χ2n) is 6.96. The van der Waals surface area contributed by atoms with E-state index in [1.807, 2.05) is 29.2 Å². The van der Waals surface area contributed by atoms with Gasteiger partial charge in [0.15, 0.2) is 21.3 Å². The fourth-order valence-electron chi connectivity index (χ4n) is 3.71. The highest BCUT2D eigenvalue weighted by atomic mass is 32.2. The number of piperidine rings is 1. The number of oxazole rings is 1. The summed E-state index contributed by atoms with van der Waals surface area (Å²) in [7, 11) is -3.72. The number of fused-ring (bicyclic) bond motifs is 1. The molecule has 3 aromatic rings. The molecule has 0 radical (unpaired) electrons. The van der Waals surface area contributed by atoms with E-state index >= 15 is 0 Å². The lowest BCUT2D eigenvalue weighted by molar-refractivity contribution is -0.387. The summed E-state index contributed by atoms with van der Waals surface area (Å²) >= 11 is 0. The summed E-state index contributed by atoms with van der Waals surface area (Å²) in [6.07, 6.45) is 2.63. The first kappa shape index (κ1) is 18.4. The van der Waals surface area contributed by atoms with Crippen molar-refractivity contribution in [3.63, 3.8) is 0 Å². The van der Waals surface area contributed by atoms with E-state index in [-0.39, 0.29) is 16.5 Å². The molecule has 2 heterocycles. The van der Waals surface area contributed by atoms with Crippen molar-refractivity contribution in [2.45, 2.75) is 23.7 Å². The van der Waals surface area contributed by atoms with Crippen LogP contribution in [-0.4, -0.2) is 37.7 Å². The van der Waals surface area contributed by atoms with Gasteiger partial charge in [-0.05, 0) is 37.1 Å². The molecule has 4 rings (SSSR count). The third-order valence-electron chi connectivity index (χ3n) is 4.98. The molecular formula is C19H19N3O5S. The van der Waals surface area contributed by atoms with E-state index in [9.17, 15) is 18.5 Å². The van der Waals surface area contributed by atoms with E-state index in [0.717, 1.165) is 24.6 Å². The lowest BCUT2D eigenvalue weighted by Gasteiger charge is -2.32. The smallest absolute Gasteiger partial charge is 0.311 e. The Hall–Kier alpha value is -2.94. The summed E-state index contributed by atoms with van der Waals surface area (Å²) in [5.41, 5.74) is 1.43. The van der Waals surface area contributed by atoms with Crippen molar-refractivity contribution in [1.29, 1.82) is 0 Å². The summed E-state index contributed by atoms with van der Waals surface area (Å²) in [5, 5.41) is 11.7. The number of aromatic nitrogens is 1. The number of anilines is 1. The molecule has 1 aromatic heterocycles. The zero-order chi connectivity index (χ0) is 19.9. The number of hydrogen-bond acceptors (Lipinski definition) is 7. The molecule has 0 N–H and O–H groups in total. The van der Waals surface area contributed by atoms with Crippen LogP contribution in [0.5, 0.6) is 0 Å². The molecule has 2 aromatic carbocycles. The van der Waals surface area contributed by atoms with Crippen molar-refractivity contribution in [3.05, 3.63) is 58.5 Å². The summed E-state index contributed by atoms with van der Waals surface area (Å²) in [6.45, 7) is 1.08. The fourth-order valence-corrected chi connectivity index (χ4v) is 4.57. The van der Waals surface area contributed by atoms with E-state index in [4.69, 9.17) is 4.42 Å². The Morgan fingerprint density at radius 3 is 2.71 bits per heavy atom. The number of benzene rings is 2. The monoisotopic (exact) mass is 401 g/mol. The van der Waals surface area contributed by atoms with Crippen molar-refractivity contribution >= 4 is 32.3 Å². The van der Waals surface area contributed by atoms with E-state index < -0.39 is 14.8 Å². The molecule has 1 aliphatic heterocycles. The van der Waals surface area contributed by atoms with E-state index in [1.54, 1.807) is 12.1 Å². The van der Waals surface area contributed by atoms with Gasteiger partial charge in [-0.25, -0.2) is 13.4 Å². The van der Waals surface area contributed by atoms with E-state index in [1.165, 1.54) is 6.07 Å². The Morgan fingerprint density at radius 2 is 2.00 bits per heavy atom. The molecule has 28 heavy (non-hydrogen) atoms. The van der Waals surface area contributed by atoms with Crippen molar-refractivity contribution in [3.8, 4) is 0 Å². The zero-order valence-electron chi connectivity index (χ0n) is 15.2. The summed E-state index contributed by atoms with van der Waals surface area (Å²) in [6, 6.07) is 11.9. The average molecular weight is 401 g/mol. The molecule has 9 heteroatoms. The molecule has 1 fully saturated rings. The molecule has 0 bridgehead atoms. The van der Waals surface area contributed by atoms with Crippen LogP contribution in [0.3, 0.4) is 0 Å². The first-order valence-electron chi connectivity index (χ1n) is 8.92. The maximum Gasteiger partial charge on any atom is 0.311 e. The van der Waals surface area contributed by atoms with Crippen LogP contribution >= 0.6 is 0 Å². The van der Waals surface area contributed by atoms with Gasteiger partial charge in [0.2, 0.25) is 0 Å². The van der Waals surface area contributed by atoms with Gasteiger partial charge in [-0.1, -0.05) is 18.2 Å². The van der Waals surface area contributed by atoms with Crippen LogP contribution in [0.25, 0.3) is 11.1 Å². The largest absolute Gasteiger partial charge is 0.440 e. The highest BCUT2D eigenvalue weighted by molar-refractivity contribution is 7.90. The Labute approximate surface area is 161 Å². The van der Waals surface area contributed by atoms with Gasteiger partial charge in [-0.2, -0.15) is 0 Å². The molecule has 0 aliphatic carbocycles. The van der Waals surface area contributed by atoms with Gasteiger partial charge >= 0.3 is 5.69 Å². The summed E-state index contributed by atoms with van der Waals surface area (Å²) in [5.74, 6) is 0.579. The minimum Gasteiger partial charge on any atom is -0.440 e. The van der Waals surface area contributed by atoms with Crippen molar-refractivity contribution in [2.24, 2.45) is 0 Å². The molecule has 1 unspecified atom stereocenters. The number of nitro groups is 1. The maximum absolute atomic E-state index is 12.0. The minimum atomic E-state index is -3.72. The molecule has 146 valence electrons. The highest BCUT2D eigenvalue weighted by Gasteiger charge is 2.32. The Kier molecular flexibility index (Phi) is 4.54. The molecule has 0 spiro atoms. The molecule has 1 saturated heterocycles. The van der Waals surface area contributed by atoms with Crippen molar-refractivity contribution < 1.29 is 17.8 Å². The minimum absolute atomic E-state index is 0.0253. The predicted molar refractivity (Wildman–Crippen MR) is 104 cm³/mol. The highest BCUT2D eigenvalue weighted by Crippen LogP contribution is 2.38. The van der Waals surface area contributed by atoms with Crippen molar-refractivity contribution in [1.82, 2.24) is 4.98 Å². The zero-order valence-corrected chi connectivity index (χ0v) is 16.1. The third-order valence-corrected chi connectivity index (χ3v) is 6.11. The molecule has 8 nitrogen and oxygen atoms in total. The fraction of sp³-hybridized carbons (Fsp3) is 0.316. The lowest BCUT2D eigenvalue weighted by Crippen LogP contribution is -2.35. The average Bonchev–Trinajstić information content (AvgIpc) is 3.11. The SMILES string of the molecule is CS(=O)(=O)c1cccc(N2CCCC(c3nc4ccccc4o3)C2)c1[N+](=O)[O-]. The Morgan fingerprint density at radius 1 is 1.21 bits per heavy atom. The summed E-state index contributed by atoms with van der Waals surface area (Å²) in [4.78, 5) is 17.2. The van der Waals surface area contributed by atoms with E-state index in [2.05, 4.69) is 4.98 Å². The number of nitrogens with zero attached hydrogens (tertiary/aromatic N) is 3. The van der Waals surface area contributed by atoms with Gasteiger partial charge in [0.25, 0.3) is 0 Å². The Bertz CT molecular complexity index is 1120. The Balaban J connectivity index is 1.71. The van der Waals surface area contributed by atoms with Gasteiger partial charge in [0.1, 0.15) is 16.1 Å². The molecule has 1 aliphatic rings. The van der Waals surface area contributed by atoms with Crippen LogP contribution in [0.4, 0.5) is 11.4 Å². The lowest BCUT2D eigenvalue weighted by atomic mass is 9.97. The standard InChI is InChI=1S/C19H19N3O5S/c1-28(25,26)17-10-4-8-15(18(17)22(23)24)21-11-5-6-13(12-21)19-20-14-7-2-3-9-16(14)27-19/h2-4,7-10,13H,5-6,11-12H2,1H3. The van der Waals surface area contributed by atoms with Crippen LogP contribution in [0.1, 0.15) is 24.7 Å². The van der Waals surface area contributed by atoms with Gasteiger partial charge in [0.05, 0.1) is 10.8 Å². The molecule has 1 atom stereocenters. The van der Waals surface area contributed by atoms with Crippen LogP contribution in [0.2, 0.25) is 0 Å². The van der Waals surface area contributed by atoms with Gasteiger partial charge in [-0.15, -0.1) is 0 Å². The normalized spacial score (nSPS) is 17.8. The van der Waals surface area contributed by atoms with Gasteiger partial charge < -0.3 is 9.32 Å². The first-order valence-corrected chi connectivity index (χ1v) is 10.8. The van der Waals surface area contributed by atoms with Crippen LogP contribution in [0, 0.1) is 10.1 Å². The topological polar surface area (TPSA) is 107 Å². The predicted octanol–water partition coefficient (Wildman–Crippen LogP) is 3.52. The van der Waals surface area contributed by atoms with E-state index in [0.29, 0.717) is 30.3 Å². The summed E-state index contributed by atoms with van der Waals surface area (Å²) < 4.78 is 29.9. The second kappa shape index (κ2) is 6.90. The number of sulfone groups is 1. The van der Waals surface area contributed by atoms with Crippen LogP contribution in [-0.2, 0) is 9.84 Å². The van der Waals surface area contributed by atoms with Crippen LogP contribution < -0.4 is 4.90 Å².